The summed E-state index contributed by atoms with van der Waals surface area (Å²) in [6, 6.07) is 0. The van der Waals surface area contributed by atoms with Gasteiger partial charge >= 0.3 is 5.97 Å². The highest BCUT2D eigenvalue weighted by Crippen LogP contribution is 2.67. The first-order chi connectivity index (χ1) is 13.4. The lowest BCUT2D eigenvalue weighted by molar-refractivity contribution is -0.143. The zero-order chi connectivity index (χ0) is 19.9. The molecule has 4 aliphatic rings. The molecule has 4 aliphatic carbocycles. The van der Waals surface area contributed by atoms with E-state index in [1.807, 2.05) is 13.0 Å². The molecule has 156 valence electrons. The van der Waals surface area contributed by atoms with E-state index in [-0.39, 0.29) is 11.4 Å². The van der Waals surface area contributed by atoms with Crippen molar-refractivity contribution in [3.63, 3.8) is 0 Å². The van der Waals surface area contributed by atoms with E-state index >= 15 is 0 Å². The number of rotatable bonds is 5. The second-order valence-electron chi connectivity index (χ2n) is 10.5. The molecule has 0 saturated heterocycles. The number of allylic oxidation sites excluding steroid dienone is 1. The van der Waals surface area contributed by atoms with Crippen molar-refractivity contribution in [1.82, 2.24) is 0 Å². The Morgan fingerprint density at radius 1 is 1.11 bits per heavy atom. The Kier molecular flexibility index (Phi) is 5.48. The van der Waals surface area contributed by atoms with Crippen LogP contribution in [-0.2, 0) is 14.3 Å². The quantitative estimate of drug-likeness (QED) is 0.555. The molecule has 0 aromatic carbocycles. The van der Waals surface area contributed by atoms with E-state index in [9.17, 15) is 9.59 Å². The maximum absolute atomic E-state index is 12.0. The van der Waals surface area contributed by atoms with Crippen LogP contribution in [0.5, 0.6) is 0 Å². The summed E-state index contributed by atoms with van der Waals surface area (Å²) in [6.07, 6.45) is 14.4. The molecule has 3 saturated carbocycles. The van der Waals surface area contributed by atoms with Gasteiger partial charge in [0, 0.05) is 12.8 Å². The van der Waals surface area contributed by atoms with Crippen molar-refractivity contribution in [3.8, 4) is 0 Å². The van der Waals surface area contributed by atoms with E-state index in [1.165, 1.54) is 44.1 Å². The van der Waals surface area contributed by atoms with E-state index in [4.69, 9.17) is 4.74 Å². The number of fused-ring (bicyclic) bond motifs is 5. The average molecular weight is 387 g/mol. The lowest BCUT2D eigenvalue weighted by atomic mass is 9.46. The summed E-state index contributed by atoms with van der Waals surface area (Å²) in [4.78, 5) is 23.7. The maximum atomic E-state index is 12.0. The number of hydrogen-bond donors (Lipinski definition) is 0. The van der Waals surface area contributed by atoms with Gasteiger partial charge in [-0.3, -0.25) is 9.59 Å². The molecular weight excluding hydrogens is 348 g/mol. The number of carbonyl (C=O) groups excluding carboxylic acids is 2. The summed E-state index contributed by atoms with van der Waals surface area (Å²) >= 11 is 0. The number of hydrogen-bond acceptors (Lipinski definition) is 3. The second kappa shape index (κ2) is 7.61. The SMILES string of the molecule is CCOC(=O)CCC[C@H]1CCC2C3CCC4=CC(=O)CC[C@]4(C)C3CCC21C. The molecule has 0 heterocycles. The van der Waals surface area contributed by atoms with Crippen molar-refractivity contribution >= 4 is 11.8 Å². The first kappa shape index (κ1) is 20.2. The zero-order valence-corrected chi connectivity index (χ0v) is 18.1. The van der Waals surface area contributed by atoms with E-state index in [2.05, 4.69) is 13.8 Å². The Hall–Kier alpha value is -1.12. The Labute approximate surface area is 170 Å². The molecule has 0 aliphatic heterocycles. The largest absolute Gasteiger partial charge is 0.466 e. The Morgan fingerprint density at radius 2 is 1.93 bits per heavy atom. The lowest BCUT2D eigenvalue weighted by Crippen LogP contribution is -2.50. The first-order valence-electron chi connectivity index (χ1n) is 11.8. The molecule has 4 rings (SSSR count). The van der Waals surface area contributed by atoms with Crippen LogP contribution >= 0.6 is 0 Å². The summed E-state index contributed by atoms with van der Waals surface area (Å²) < 4.78 is 5.11. The van der Waals surface area contributed by atoms with Crippen molar-refractivity contribution in [2.45, 2.75) is 91.4 Å². The smallest absolute Gasteiger partial charge is 0.305 e. The summed E-state index contributed by atoms with van der Waals surface area (Å²) in [5.74, 6) is 3.55. The fourth-order valence-corrected chi connectivity index (χ4v) is 7.87. The number of ketones is 1. The average Bonchev–Trinajstić information content (AvgIpc) is 2.99. The molecule has 3 nitrogen and oxygen atoms in total. The zero-order valence-electron chi connectivity index (χ0n) is 18.1. The molecule has 0 aromatic rings. The molecule has 4 unspecified atom stereocenters. The molecule has 0 bridgehead atoms. The lowest BCUT2D eigenvalue weighted by Gasteiger charge is -2.58. The molecule has 0 radical (unpaired) electrons. The van der Waals surface area contributed by atoms with Crippen LogP contribution in [0.15, 0.2) is 11.6 Å². The topological polar surface area (TPSA) is 43.4 Å². The molecule has 6 atom stereocenters. The van der Waals surface area contributed by atoms with Crippen LogP contribution in [0.3, 0.4) is 0 Å². The minimum absolute atomic E-state index is 0.0303. The van der Waals surface area contributed by atoms with E-state index < -0.39 is 0 Å². The van der Waals surface area contributed by atoms with Gasteiger partial charge < -0.3 is 4.74 Å². The van der Waals surface area contributed by atoms with E-state index in [0.29, 0.717) is 24.2 Å². The van der Waals surface area contributed by atoms with Crippen LogP contribution in [-0.4, -0.2) is 18.4 Å². The predicted octanol–water partition coefficient (Wildman–Crippen LogP) is 5.87. The van der Waals surface area contributed by atoms with Gasteiger partial charge in [-0.15, -0.1) is 0 Å². The monoisotopic (exact) mass is 386 g/mol. The minimum atomic E-state index is -0.0303. The fourth-order valence-electron chi connectivity index (χ4n) is 7.87. The molecule has 0 spiro atoms. The predicted molar refractivity (Wildman–Crippen MR) is 111 cm³/mol. The van der Waals surface area contributed by atoms with Crippen LogP contribution in [0.4, 0.5) is 0 Å². The Balaban J connectivity index is 1.44. The summed E-state index contributed by atoms with van der Waals surface area (Å²) in [6.45, 7) is 7.41. The number of ether oxygens (including phenoxy) is 1. The molecule has 3 fully saturated rings. The molecule has 0 amide bonds. The van der Waals surface area contributed by atoms with Crippen LogP contribution in [0.1, 0.15) is 91.4 Å². The first-order valence-corrected chi connectivity index (χ1v) is 11.8. The van der Waals surface area contributed by atoms with Gasteiger partial charge in [0.25, 0.3) is 0 Å². The third-order valence-electron chi connectivity index (χ3n) is 9.40. The van der Waals surface area contributed by atoms with Gasteiger partial charge in [0.2, 0.25) is 0 Å². The van der Waals surface area contributed by atoms with E-state index in [1.54, 1.807) is 0 Å². The summed E-state index contributed by atoms with van der Waals surface area (Å²) in [5.41, 5.74) is 2.20. The van der Waals surface area contributed by atoms with Gasteiger partial charge in [0.1, 0.15) is 0 Å². The summed E-state index contributed by atoms with van der Waals surface area (Å²) in [5, 5.41) is 0. The highest BCUT2D eigenvalue weighted by Gasteiger charge is 2.58. The van der Waals surface area contributed by atoms with Crippen LogP contribution in [0.25, 0.3) is 0 Å². The molecule has 28 heavy (non-hydrogen) atoms. The number of carbonyl (C=O) groups is 2. The van der Waals surface area contributed by atoms with Gasteiger partial charge in [-0.05, 0) is 105 Å². The van der Waals surface area contributed by atoms with Gasteiger partial charge in [-0.25, -0.2) is 0 Å². The maximum Gasteiger partial charge on any atom is 0.305 e. The third kappa shape index (κ3) is 3.27. The van der Waals surface area contributed by atoms with Crippen LogP contribution < -0.4 is 0 Å². The van der Waals surface area contributed by atoms with Gasteiger partial charge in [-0.2, -0.15) is 0 Å². The fraction of sp³-hybridized carbons (Fsp3) is 0.840. The second-order valence-corrected chi connectivity index (χ2v) is 10.5. The summed E-state index contributed by atoms with van der Waals surface area (Å²) in [7, 11) is 0. The van der Waals surface area contributed by atoms with Crippen molar-refractivity contribution in [1.29, 1.82) is 0 Å². The van der Waals surface area contributed by atoms with Crippen molar-refractivity contribution < 1.29 is 14.3 Å². The van der Waals surface area contributed by atoms with E-state index in [0.717, 1.165) is 49.4 Å². The molecular formula is C25H38O3. The normalized spacial score (nSPS) is 42.2. The Morgan fingerprint density at radius 3 is 2.71 bits per heavy atom. The molecule has 0 aromatic heterocycles. The Bertz CT molecular complexity index is 665. The third-order valence-corrected chi connectivity index (χ3v) is 9.40. The van der Waals surface area contributed by atoms with Crippen LogP contribution in [0, 0.1) is 34.5 Å². The highest BCUT2D eigenvalue weighted by molar-refractivity contribution is 5.91. The van der Waals surface area contributed by atoms with Gasteiger partial charge in [0.15, 0.2) is 5.78 Å². The minimum Gasteiger partial charge on any atom is -0.466 e. The molecule has 0 N–H and O–H groups in total. The standard InChI is InChI=1S/C25H38O3/c1-4-28-23(27)7-5-6-17-9-11-21-20-10-8-18-16-19(26)12-14-25(18,3)22(20)13-15-24(17,21)2/h16-17,20-22H,4-15H2,1-3H3/t17-,20?,21?,22?,24?,25-/m0/s1. The van der Waals surface area contributed by atoms with Gasteiger partial charge in [-0.1, -0.05) is 19.4 Å². The molecule has 3 heteroatoms. The van der Waals surface area contributed by atoms with Crippen LogP contribution in [0.2, 0.25) is 0 Å². The van der Waals surface area contributed by atoms with Crippen molar-refractivity contribution in [2.75, 3.05) is 6.61 Å². The number of esters is 1. The van der Waals surface area contributed by atoms with Crippen molar-refractivity contribution in [2.24, 2.45) is 34.5 Å². The highest BCUT2D eigenvalue weighted by atomic mass is 16.5. The van der Waals surface area contributed by atoms with Crippen molar-refractivity contribution in [3.05, 3.63) is 11.6 Å². The van der Waals surface area contributed by atoms with Gasteiger partial charge in [0.05, 0.1) is 6.61 Å².